The molecule has 0 spiro atoms. The van der Waals surface area contributed by atoms with Crippen LogP contribution in [0.25, 0.3) is 0 Å². The molecule has 2 heterocycles. The van der Waals surface area contributed by atoms with Crippen molar-refractivity contribution in [3.63, 3.8) is 0 Å². The van der Waals surface area contributed by atoms with Crippen LogP contribution in [0.15, 0.2) is 30.7 Å². The first kappa shape index (κ1) is 13.1. The van der Waals surface area contributed by atoms with Crippen molar-refractivity contribution in [1.29, 1.82) is 0 Å². The molecule has 0 aromatic carbocycles. The molecule has 18 heavy (non-hydrogen) atoms. The number of rotatable bonds is 5. The molecule has 4 nitrogen and oxygen atoms in total. The minimum absolute atomic E-state index is 0.0238. The maximum Gasteiger partial charge on any atom is 0.0805 e. The lowest BCUT2D eigenvalue weighted by Crippen LogP contribution is -2.18. The van der Waals surface area contributed by atoms with Gasteiger partial charge in [-0.3, -0.25) is 9.67 Å². The highest BCUT2D eigenvalue weighted by Crippen LogP contribution is 2.25. The SMILES string of the molecule is CCCn1cc(C(NC)c2ncccc2Cl)cn1. The van der Waals surface area contributed by atoms with Gasteiger partial charge in [-0.05, 0) is 25.6 Å². The van der Waals surface area contributed by atoms with Crippen molar-refractivity contribution >= 4 is 11.6 Å². The van der Waals surface area contributed by atoms with Gasteiger partial charge in [-0.25, -0.2) is 0 Å². The Hall–Kier alpha value is -1.39. The molecule has 2 rings (SSSR count). The van der Waals surface area contributed by atoms with Gasteiger partial charge < -0.3 is 5.32 Å². The molecule has 96 valence electrons. The summed E-state index contributed by atoms with van der Waals surface area (Å²) in [6.07, 6.45) is 6.72. The van der Waals surface area contributed by atoms with Gasteiger partial charge in [0, 0.05) is 24.5 Å². The predicted octanol–water partition coefficient (Wildman–Crippen LogP) is 2.65. The van der Waals surface area contributed by atoms with Crippen molar-refractivity contribution < 1.29 is 0 Å². The van der Waals surface area contributed by atoms with Gasteiger partial charge in [-0.15, -0.1) is 0 Å². The first-order valence-electron chi connectivity index (χ1n) is 6.06. The van der Waals surface area contributed by atoms with Crippen LogP contribution in [0.4, 0.5) is 0 Å². The predicted molar refractivity (Wildman–Crippen MR) is 72.7 cm³/mol. The number of hydrogen-bond donors (Lipinski definition) is 1. The average Bonchev–Trinajstić information content (AvgIpc) is 2.82. The zero-order chi connectivity index (χ0) is 13.0. The Kier molecular flexibility index (Phi) is 4.33. The summed E-state index contributed by atoms with van der Waals surface area (Å²) in [4.78, 5) is 4.35. The fourth-order valence-corrected chi connectivity index (χ4v) is 2.18. The van der Waals surface area contributed by atoms with Crippen molar-refractivity contribution in [3.8, 4) is 0 Å². The van der Waals surface area contributed by atoms with Crippen LogP contribution in [0.2, 0.25) is 5.02 Å². The molecule has 5 heteroatoms. The smallest absolute Gasteiger partial charge is 0.0805 e. The number of nitrogens with one attached hydrogen (secondary N) is 1. The molecule has 2 aromatic heterocycles. The van der Waals surface area contributed by atoms with Gasteiger partial charge in [0.05, 0.1) is 23.0 Å². The fourth-order valence-electron chi connectivity index (χ4n) is 1.95. The third-order valence-corrected chi connectivity index (χ3v) is 3.11. The van der Waals surface area contributed by atoms with E-state index in [0.717, 1.165) is 24.2 Å². The Morgan fingerprint density at radius 1 is 1.50 bits per heavy atom. The highest BCUT2D eigenvalue weighted by molar-refractivity contribution is 6.31. The van der Waals surface area contributed by atoms with E-state index in [1.807, 2.05) is 36.3 Å². The van der Waals surface area contributed by atoms with Crippen LogP contribution >= 0.6 is 11.6 Å². The molecule has 0 bridgehead atoms. The molecule has 0 saturated heterocycles. The lowest BCUT2D eigenvalue weighted by molar-refractivity contribution is 0.600. The first-order valence-corrected chi connectivity index (χ1v) is 6.44. The Morgan fingerprint density at radius 2 is 2.33 bits per heavy atom. The quantitative estimate of drug-likeness (QED) is 0.903. The third-order valence-electron chi connectivity index (χ3n) is 2.79. The normalized spacial score (nSPS) is 12.6. The highest BCUT2D eigenvalue weighted by atomic mass is 35.5. The molecule has 1 atom stereocenters. The third kappa shape index (κ3) is 2.71. The summed E-state index contributed by atoms with van der Waals surface area (Å²) in [6, 6.07) is 3.66. The standard InChI is InChI=1S/C13H17ClN4/c1-3-7-18-9-10(8-17-18)12(15-2)13-11(14)5-4-6-16-13/h4-6,8-9,12,15H,3,7H2,1-2H3. The molecule has 0 radical (unpaired) electrons. The zero-order valence-corrected chi connectivity index (χ0v) is 11.4. The topological polar surface area (TPSA) is 42.7 Å². The zero-order valence-electron chi connectivity index (χ0n) is 10.6. The van der Waals surface area contributed by atoms with E-state index in [1.165, 1.54) is 0 Å². The van der Waals surface area contributed by atoms with E-state index in [2.05, 4.69) is 22.3 Å². The van der Waals surface area contributed by atoms with E-state index in [9.17, 15) is 0 Å². The van der Waals surface area contributed by atoms with E-state index in [-0.39, 0.29) is 6.04 Å². The van der Waals surface area contributed by atoms with Crippen LogP contribution in [0.5, 0.6) is 0 Å². The lowest BCUT2D eigenvalue weighted by Gasteiger charge is -2.14. The molecule has 0 saturated carbocycles. The molecule has 1 unspecified atom stereocenters. The number of aryl methyl sites for hydroxylation is 1. The minimum atomic E-state index is -0.0238. The second-order valence-corrected chi connectivity index (χ2v) is 4.54. The van der Waals surface area contributed by atoms with E-state index >= 15 is 0 Å². The van der Waals surface area contributed by atoms with Crippen molar-refractivity contribution in [3.05, 3.63) is 47.0 Å². The molecule has 2 aromatic rings. The van der Waals surface area contributed by atoms with Crippen LogP contribution < -0.4 is 5.32 Å². The number of aromatic nitrogens is 3. The summed E-state index contributed by atoms with van der Waals surface area (Å²) in [5, 5.41) is 8.23. The van der Waals surface area contributed by atoms with Crippen LogP contribution in [0, 0.1) is 0 Å². The summed E-state index contributed by atoms with van der Waals surface area (Å²) in [6.45, 7) is 3.05. The lowest BCUT2D eigenvalue weighted by atomic mass is 10.1. The maximum atomic E-state index is 6.19. The largest absolute Gasteiger partial charge is 0.308 e. The molecule has 0 aliphatic carbocycles. The monoisotopic (exact) mass is 264 g/mol. The van der Waals surface area contributed by atoms with Crippen molar-refractivity contribution in [2.45, 2.75) is 25.9 Å². The number of pyridine rings is 1. The van der Waals surface area contributed by atoms with Gasteiger partial charge in [0.25, 0.3) is 0 Å². The highest BCUT2D eigenvalue weighted by Gasteiger charge is 2.17. The van der Waals surface area contributed by atoms with Gasteiger partial charge in [-0.1, -0.05) is 18.5 Å². The molecular weight excluding hydrogens is 248 g/mol. The Balaban J connectivity index is 2.30. The summed E-state index contributed by atoms with van der Waals surface area (Å²) < 4.78 is 1.94. The summed E-state index contributed by atoms with van der Waals surface area (Å²) in [7, 11) is 1.90. The van der Waals surface area contributed by atoms with Crippen molar-refractivity contribution in [2.75, 3.05) is 7.05 Å². The first-order chi connectivity index (χ1) is 8.76. The second-order valence-electron chi connectivity index (χ2n) is 4.13. The van der Waals surface area contributed by atoms with Gasteiger partial charge in [0.2, 0.25) is 0 Å². The minimum Gasteiger partial charge on any atom is -0.308 e. The van der Waals surface area contributed by atoms with E-state index in [0.29, 0.717) is 5.02 Å². The van der Waals surface area contributed by atoms with E-state index in [1.54, 1.807) is 6.20 Å². The second kappa shape index (κ2) is 5.98. The summed E-state index contributed by atoms with van der Waals surface area (Å²) in [5.74, 6) is 0. The van der Waals surface area contributed by atoms with Gasteiger partial charge in [0.15, 0.2) is 0 Å². The molecular formula is C13H17ClN4. The van der Waals surface area contributed by atoms with Gasteiger partial charge in [0.1, 0.15) is 0 Å². The van der Waals surface area contributed by atoms with Crippen LogP contribution in [0.1, 0.15) is 30.6 Å². The molecule has 0 aliphatic rings. The Bertz CT molecular complexity index is 509. The van der Waals surface area contributed by atoms with Crippen LogP contribution in [-0.2, 0) is 6.54 Å². The molecule has 0 fully saturated rings. The molecule has 0 aliphatic heterocycles. The number of hydrogen-bond acceptors (Lipinski definition) is 3. The molecule has 0 amide bonds. The van der Waals surface area contributed by atoms with E-state index in [4.69, 9.17) is 11.6 Å². The van der Waals surface area contributed by atoms with Gasteiger partial charge in [-0.2, -0.15) is 5.10 Å². The van der Waals surface area contributed by atoms with Gasteiger partial charge >= 0.3 is 0 Å². The summed E-state index contributed by atoms with van der Waals surface area (Å²) in [5.41, 5.74) is 1.91. The van der Waals surface area contributed by atoms with Crippen LogP contribution in [-0.4, -0.2) is 21.8 Å². The number of halogens is 1. The Labute approximate surface area is 112 Å². The summed E-state index contributed by atoms with van der Waals surface area (Å²) >= 11 is 6.19. The fraction of sp³-hybridized carbons (Fsp3) is 0.385. The van der Waals surface area contributed by atoms with Crippen LogP contribution in [0.3, 0.4) is 0 Å². The Morgan fingerprint density at radius 3 is 3.00 bits per heavy atom. The molecule has 1 N–H and O–H groups in total. The number of nitrogens with zero attached hydrogens (tertiary/aromatic N) is 3. The van der Waals surface area contributed by atoms with E-state index < -0.39 is 0 Å². The van der Waals surface area contributed by atoms with Crippen molar-refractivity contribution in [1.82, 2.24) is 20.1 Å². The maximum absolute atomic E-state index is 6.19. The van der Waals surface area contributed by atoms with Crippen molar-refractivity contribution in [2.24, 2.45) is 0 Å². The average molecular weight is 265 g/mol.